The van der Waals surface area contributed by atoms with Gasteiger partial charge in [0.25, 0.3) is 10.0 Å². The predicted octanol–water partition coefficient (Wildman–Crippen LogP) is 7.01. The van der Waals surface area contributed by atoms with Crippen LogP contribution >= 0.6 is 22.9 Å². The number of sulfonamides is 1. The molecule has 0 bridgehead atoms. The summed E-state index contributed by atoms with van der Waals surface area (Å²) in [7, 11) is -4.52. The van der Waals surface area contributed by atoms with Gasteiger partial charge in [0, 0.05) is 38.9 Å². The number of aromatic nitrogens is 1. The summed E-state index contributed by atoms with van der Waals surface area (Å²) in [5.74, 6) is 0. The second-order valence-corrected chi connectivity index (χ2v) is 11.8. The molecule has 0 spiro atoms. The molecule has 2 heterocycles. The maximum absolute atomic E-state index is 14.4. The Morgan fingerprint density at radius 1 is 1.05 bits per heavy atom. The van der Waals surface area contributed by atoms with Crippen molar-refractivity contribution in [1.82, 2.24) is 9.29 Å². The Morgan fingerprint density at radius 2 is 1.78 bits per heavy atom. The first kappa shape index (κ1) is 25.3. The van der Waals surface area contributed by atoms with Gasteiger partial charge in [0.15, 0.2) is 0 Å². The van der Waals surface area contributed by atoms with Gasteiger partial charge in [-0.3, -0.25) is 0 Å². The molecule has 5 aromatic rings. The molecule has 0 radical (unpaired) electrons. The van der Waals surface area contributed by atoms with E-state index in [-0.39, 0.29) is 27.3 Å². The van der Waals surface area contributed by atoms with Crippen LogP contribution in [0, 0.1) is 11.3 Å². The van der Waals surface area contributed by atoms with E-state index in [0.29, 0.717) is 20.6 Å². The molecule has 11 heteroatoms. The summed E-state index contributed by atoms with van der Waals surface area (Å²) in [6, 6.07) is 18.8. The van der Waals surface area contributed by atoms with Crippen molar-refractivity contribution >= 4 is 54.0 Å². The van der Waals surface area contributed by atoms with Crippen LogP contribution in [0.25, 0.3) is 21.0 Å². The van der Waals surface area contributed by atoms with Crippen molar-refractivity contribution in [3.05, 3.63) is 101 Å². The van der Waals surface area contributed by atoms with E-state index in [0.717, 1.165) is 16.9 Å². The average molecular weight is 560 g/mol. The number of hydrogen-bond donors (Lipinski definition) is 1. The highest BCUT2D eigenvalue weighted by atomic mass is 35.5. The molecule has 0 aliphatic heterocycles. The SMILES string of the molecule is N#Cc1ccc2c(C(NS(=O)(=O)c3cc4ccccc4s3)C(F)(F)F)cn(Cc3ccc(Cl)cc3)c2c1. The zero-order chi connectivity index (χ0) is 26.4. The highest BCUT2D eigenvalue weighted by Crippen LogP contribution is 2.40. The first-order valence-corrected chi connectivity index (χ1v) is 13.6. The number of nitrogens with one attached hydrogen (secondary N) is 1. The second kappa shape index (κ2) is 9.50. The van der Waals surface area contributed by atoms with Gasteiger partial charge in [-0.05, 0) is 47.3 Å². The van der Waals surface area contributed by atoms with Crippen molar-refractivity contribution in [2.24, 2.45) is 0 Å². The van der Waals surface area contributed by atoms with E-state index in [1.165, 1.54) is 30.5 Å². The fraction of sp³-hybridized carbons (Fsp3) is 0.115. The van der Waals surface area contributed by atoms with Crippen LogP contribution in [0.4, 0.5) is 13.2 Å². The summed E-state index contributed by atoms with van der Waals surface area (Å²) in [4.78, 5) is 0. The smallest absolute Gasteiger partial charge is 0.343 e. The average Bonchev–Trinajstić information content (AvgIpc) is 3.45. The molecule has 1 atom stereocenters. The molecule has 5 nitrogen and oxygen atoms in total. The zero-order valence-corrected chi connectivity index (χ0v) is 21.2. The quantitative estimate of drug-likeness (QED) is 0.243. The molecule has 1 unspecified atom stereocenters. The highest BCUT2D eigenvalue weighted by Gasteiger charge is 2.45. The molecule has 0 saturated heterocycles. The van der Waals surface area contributed by atoms with Gasteiger partial charge in [0.05, 0.1) is 11.6 Å². The molecular weight excluding hydrogens is 543 g/mol. The molecule has 0 aliphatic rings. The summed E-state index contributed by atoms with van der Waals surface area (Å²) in [5, 5.41) is 10.7. The summed E-state index contributed by atoms with van der Waals surface area (Å²) in [6.07, 6.45) is -3.65. The lowest BCUT2D eigenvalue weighted by Gasteiger charge is -2.21. The molecule has 37 heavy (non-hydrogen) atoms. The van der Waals surface area contributed by atoms with Gasteiger partial charge in [-0.1, -0.05) is 48.0 Å². The van der Waals surface area contributed by atoms with Crippen LogP contribution in [0.1, 0.15) is 22.7 Å². The third-order valence-electron chi connectivity index (χ3n) is 5.89. The number of alkyl halides is 3. The molecule has 1 N–H and O–H groups in total. The lowest BCUT2D eigenvalue weighted by Crippen LogP contribution is -2.37. The van der Waals surface area contributed by atoms with E-state index in [1.807, 2.05) is 10.8 Å². The first-order valence-electron chi connectivity index (χ1n) is 10.9. The number of thiophene rings is 1. The number of benzene rings is 3. The van der Waals surface area contributed by atoms with E-state index < -0.39 is 22.2 Å². The van der Waals surface area contributed by atoms with Crippen LogP contribution in [-0.4, -0.2) is 19.2 Å². The summed E-state index contributed by atoms with van der Waals surface area (Å²) in [6.45, 7) is 0.191. The molecule has 5 rings (SSSR count). The number of nitriles is 1. The lowest BCUT2D eigenvalue weighted by molar-refractivity contribution is -0.152. The number of hydrogen-bond acceptors (Lipinski definition) is 4. The standard InChI is InChI=1S/C26H17ClF3N3O2S2/c27-19-8-5-16(6-9-19)14-33-15-21(20-10-7-17(13-31)11-22(20)33)25(26(28,29)30)32-37(34,35)24-12-18-3-1-2-4-23(18)36-24/h1-12,15,25,32H,14H2. The van der Waals surface area contributed by atoms with Crippen LogP contribution < -0.4 is 4.72 Å². The van der Waals surface area contributed by atoms with Crippen molar-refractivity contribution in [2.45, 2.75) is 23.0 Å². The first-order chi connectivity index (χ1) is 17.5. The predicted molar refractivity (Wildman–Crippen MR) is 138 cm³/mol. The van der Waals surface area contributed by atoms with Crippen molar-refractivity contribution in [3.63, 3.8) is 0 Å². The molecule has 2 aromatic heterocycles. The molecule has 0 fully saturated rings. The van der Waals surface area contributed by atoms with E-state index in [9.17, 15) is 26.9 Å². The third-order valence-corrected chi connectivity index (χ3v) is 9.15. The minimum Gasteiger partial charge on any atom is -0.343 e. The minimum atomic E-state index is -4.93. The molecule has 3 aromatic carbocycles. The number of halogens is 4. The van der Waals surface area contributed by atoms with Crippen molar-refractivity contribution in [3.8, 4) is 6.07 Å². The van der Waals surface area contributed by atoms with Crippen LogP contribution in [0.5, 0.6) is 0 Å². The van der Waals surface area contributed by atoms with E-state index >= 15 is 0 Å². The fourth-order valence-electron chi connectivity index (χ4n) is 4.15. The largest absolute Gasteiger partial charge is 0.408 e. The summed E-state index contributed by atoms with van der Waals surface area (Å²) in [5.41, 5.74) is 1.15. The van der Waals surface area contributed by atoms with Crippen molar-refractivity contribution < 1.29 is 21.6 Å². The van der Waals surface area contributed by atoms with Gasteiger partial charge in [0.1, 0.15) is 10.3 Å². The minimum absolute atomic E-state index is 0.189. The Bertz CT molecular complexity index is 1740. The highest BCUT2D eigenvalue weighted by molar-refractivity contribution is 7.91. The van der Waals surface area contributed by atoms with Crippen LogP contribution in [-0.2, 0) is 16.6 Å². The normalized spacial score (nSPS) is 13.2. The van der Waals surface area contributed by atoms with Crippen molar-refractivity contribution in [1.29, 1.82) is 5.26 Å². The molecule has 188 valence electrons. The summed E-state index contributed by atoms with van der Waals surface area (Å²) < 4.78 is 73.4. The maximum atomic E-state index is 14.4. The molecule has 0 amide bonds. The maximum Gasteiger partial charge on any atom is 0.408 e. The monoisotopic (exact) mass is 559 g/mol. The van der Waals surface area contributed by atoms with Gasteiger partial charge >= 0.3 is 6.18 Å². The Kier molecular flexibility index (Phi) is 6.50. The molecule has 0 saturated carbocycles. The Labute approximate surface area is 219 Å². The number of rotatable bonds is 6. The molecule has 0 aliphatic carbocycles. The van der Waals surface area contributed by atoms with Gasteiger partial charge < -0.3 is 4.57 Å². The Hall–Kier alpha value is -3.36. The third kappa shape index (κ3) is 5.08. The van der Waals surface area contributed by atoms with E-state index in [4.69, 9.17) is 11.6 Å². The molecular formula is C26H17ClF3N3O2S2. The van der Waals surface area contributed by atoms with Gasteiger partial charge in [-0.2, -0.15) is 23.2 Å². The lowest BCUT2D eigenvalue weighted by atomic mass is 10.0. The zero-order valence-electron chi connectivity index (χ0n) is 18.8. The number of nitrogens with zero attached hydrogens (tertiary/aromatic N) is 2. The van der Waals surface area contributed by atoms with Gasteiger partial charge in [0.2, 0.25) is 0 Å². The van der Waals surface area contributed by atoms with E-state index in [2.05, 4.69) is 0 Å². The van der Waals surface area contributed by atoms with Crippen LogP contribution in [0.3, 0.4) is 0 Å². The second-order valence-electron chi connectivity index (χ2n) is 8.38. The topological polar surface area (TPSA) is 74.9 Å². The fourth-order valence-corrected chi connectivity index (χ4v) is 6.89. The van der Waals surface area contributed by atoms with E-state index in [1.54, 1.807) is 53.1 Å². The van der Waals surface area contributed by atoms with Crippen molar-refractivity contribution in [2.75, 3.05) is 0 Å². The van der Waals surface area contributed by atoms with Crippen LogP contribution in [0.15, 0.2) is 83.2 Å². The Morgan fingerprint density at radius 3 is 2.46 bits per heavy atom. The summed E-state index contributed by atoms with van der Waals surface area (Å²) >= 11 is 6.85. The van der Waals surface area contributed by atoms with Gasteiger partial charge in [-0.25, -0.2) is 8.42 Å². The Balaban J connectivity index is 1.61. The van der Waals surface area contributed by atoms with Crippen LogP contribution in [0.2, 0.25) is 5.02 Å². The van der Waals surface area contributed by atoms with Gasteiger partial charge in [-0.15, -0.1) is 11.3 Å². The number of fused-ring (bicyclic) bond motifs is 2.